The van der Waals surface area contributed by atoms with Gasteiger partial charge in [0.15, 0.2) is 6.61 Å². The molecule has 3 aromatic rings. The molecular weight excluding hydrogens is 354 g/mol. The van der Waals surface area contributed by atoms with Crippen LogP contribution in [0.25, 0.3) is 10.9 Å². The van der Waals surface area contributed by atoms with Crippen LogP contribution in [0.4, 0.5) is 0 Å². The molecule has 28 heavy (non-hydrogen) atoms. The third-order valence-electron chi connectivity index (χ3n) is 4.74. The summed E-state index contributed by atoms with van der Waals surface area (Å²) in [7, 11) is 0. The highest BCUT2D eigenvalue weighted by molar-refractivity contribution is 6.06. The molecule has 1 heterocycles. The molecule has 1 aromatic heterocycles. The first-order chi connectivity index (χ1) is 13.6. The molecule has 4 rings (SSSR count). The van der Waals surface area contributed by atoms with Crippen LogP contribution < -0.4 is 15.6 Å². The molecule has 2 amide bonds. The van der Waals surface area contributed by atoms with Crippen LogP contribution in [0, 0.1) is 6.92 Å². The number of pyridine rings is 1. The lowest BCUT2D eigenvalue weighted by Gasteiger charge is -2.12. The van der Waals surface area contributed by atoms with E-state index in [2.05, 4.69) is 15.8 Å². The Morgan fingerprint density at radius 2 is 1.82 bits per heavy atom. The average Bonchev–Trinajstić information content (AvgIpc) is 3.56. The van der Waals surface area contributed by atoms with Crippen molar-refractivity contribution in [2.24, 2.45) is 0 Å². The molecule has 0 bridgehead atoms. The number of para-hydroxylation sites is 2. The fourth-order valence-electron chi connectivity index (χ4n) is 3.06. The van der Waals surface area contributed by atoms with Crippen molar-refractivity contribution >= 4 is 22.7 Å². The number of hydrogen-bond acceptors (Lipinski definition) is 4. The van der Waals surface area contributed by atoms with Crippen molar-refractivity contribution in [2.75, 3.05) is 6.61 Å². The smallest absolute Gasteiger partial charge is 0.276 e. The van der Waals surface area contributed by atoms with E-state index in [9.17, 15) is 9.59 Å². The quantitative estimate of drug-likeness (QED) is 0.671. The Balaban J connectivity index is 1.42. The zero-order valence-corrected chi connectivity index (χ0v) is 15.6. The highest BCUT2D eigenvalue weighted by atomic mass is 16.5. The molecule has 0 radical (unpaired) electrons. The van der Waals surface area contributed by atoms with Gasteiger partial charge in [-0.2, -0.15) is 0 Å². The average molecular weight is 375 g/mol. The lowest BCUT2D eigenvalue weighted by Crippen LogP contribution is -2.44. The molecule has 142 valence electrons. The van der Waals surface area contributed by atoms with Gasteiger partial charge >= 0.3 is 0 Å². The van der Waals surface area contributed by atoms with E-state index in [0.717, 1.165) is 35.0 Å². The second-order valence-corrected chi connectivity index (χ2v) is 6.94. The summed E-state index contributed by atoms with van der Waals surface area (Å²) < 4.78 is 5.49. The van der Waals surface area contributed by atoms with E-state index in [1.807, 2.05) is 55.5 Å². The first-order valence-electron chi connectivity index (χ1n) is 9.29. The Morgan fingerprint density at radius 1 is 1.07 bits per heavy atom. The van der Waals surface area contributed by atoms with Crippen molar-refractivity contribution in [3.63, 3.8) is 0 Å². The largest absolute Gasteiger partial charge is 0.483 e. The van der Waals surface area contributed by atoms with Gasteiger partial charge in [0.25, 0.3) is 11.8 Å². The van der Waals surface area contributed by atoms with Gasteiger partial charge in [-0.3, -0.25) is 25.4 Å². The molecular formula is C22H21N3O3. The van der Waals surface area contributed by atoms with Crippen LogP contribution in [0.15, 0.2) is 54.6 Å². The van der Waals surface area contributed by atoms with Crippen LogP contribution in [-0.2, 0) is 4.79 Å². The number of rotatable bonds is 5. The van der Waals surface area contributed by atoms with Gasteiger partial charge in [-0.05, 0) is 43.5 Å². The van der Waals surface area contributed by atoms with Crippen molar-refractivity contribution in [1.82, 2.24) is 15.8 Å². The Bertz CT molecular complexity index is 1040. The minimum atomic E-state index is -0.433. The number of aromatic nitrogens is 1. The second-order valence-electron chi connectivity index (χ2n) is 6.94. The molecule has 6 heteroatoms. The Morgan fingerprint density at radius 3 is 2.61 bits per heavy atom. The summed E-state index contributed by atoms with van der Waals surface area (Å²) in [6.07, 6.45) is 2.19. The standard InChI is InChI=1S/C22H21N3O3/c1-14-6-2-5-9-20(14)28-13-21(26)24-25-22(27)17-12-19(15-10-11-15)23-18-8-4-3-7-16(17)18/h2-9,12,15H,10-11,13H2,1H3,(H,24,26)(H,25,27). The molecule has 0 aliphatic heterocycles. The number of hydrogen-bond donors (Lipinski definition) is 2. The third-order valence-corrected chi connectivity index (χ3v) is 4.74. The summed E-state index contributed by atoms with van der Waals surface area (Å²) in [4.78, 5) is 29.4. The van der Waals surface area contributed by atoms with Gasteiger partial charge in [0.05, 0.1) is 11.1 Å². The summed E-state index contributed by atoms with van der Waals surface area (Å²) >= 11 is 0. The molecule has 1 aliphatic carbocycles. The van der Waals surface area contributed by atoms with Gasteiger partial charge < -0.3 is 4.74 Å². The fraction of sp³-hybridized carbons (Fsp3) is 0.227. The van der Waals surface area contributed by atoms with Crippen molar-refractivity contribution in [1.29, 1.82) is 0 Å². The van der Waals surface area contributed by atoms with Gasteiger partial charge in [-0.1, -0.05) is 36.4 Å². The summed E-state index contributed by atoms with van der Waals surface area (Å²) in [6, 6.07) is 16.8. The lowest BCUT2D eigenvalue weighted by molar-refractivity contribution is -0.123. The number of aryl methyl sites for hydroxylation is 1. The minimum Gasteiger partial charge on any atom is -0.483 e. The van der Waals surface area contributed by atoms with Crippen LogP contribution in [0.1, 0.15) is 40.4 Å². The summed E-state index contributed by atoms with van der Waals surface area (Å²) in [5, 5.41) is 0.759. The topological polar surface area (TPSA) is 80.3 Å². The molecule has 6 nitrogen and oxygen atoms in total. The number of fused-ring (bicyclic) bond motifs is 1. The maximum atomic E-state index is 12.7. The number of benzene rings is 2. The van der Waals surface area contributed by atoms with Gasteiger partial charge in [0.2, 0.25) is 0 Å². The van der Waals surface area contributed by atoms with Gasteiger partial charge in [-0.25, -0.2) is 0 Å². The fourth-order valence-corrected chi connectivity index (χ4v) is 3.06. The Labute approximate surface area is 162 Å². The zero-order valence-electron chi connectivity index (χ0n) is 15.6. The molecule has 0 atom stereocenters. The van der Waals surface area contributed by atoms with Crippen LogP contribution >= 0.6 is 0 Å². The number of nitrogens with one attached hydrogen (secondary N) is 2. The van der Waals surface area contributed by atoms with Gasteiger partial charge in [-0.15, -0.1) is 0 Å². The summed E-state index contributed by atoms with van der Waals surface area (Å²) in [5.41, 5.74) is 8.06. The monoisotopic (exact) mass is 375 g/mol. The highest BCUT2D eigenvalue weighted by Gasteiger charge is 2.27. The number of ether oxygens (including phenoxy) is 1. The summed E-state index contributed by atoms with van der Waals surface area (Å²) in [5.74, 6) is 0.258. The minimum absolute atomic E-state index is 0.185. The molecule has 2 N–H and O–H groups in total. The predicted octanol–water partition coefficient (Wildman–Crippen LogP) is 3.26. The van der Waals surface area contributed by atoms with Crippen LogP contribution in [-0.4, -0.2) is 23.4 Å². The molecule has 1 saturated carbocycles. The maximum Gasteiger partial charge on any atom is 0.276 e. The van der Waals surface area contributed by atoms with Crippen molar-refractivity contribution in [2.45, 2.75) is 25.7 Å². The Kier molecular flexibility index (Phi) is 4.93. The van der Waals surface area contributed by atoms with E-state index in [1.54, 1.807) is 6.07 Å². The van der Waals surface area contributed by atoms with E-state index in [4.69, 9.17) is 4.74 Å². The molecule has 1 fully saturated rings. The van der Waals surface area contributed by atoms with E-state index in [-0.39, 0.29) is 12.5 Å². The Hall–Kier alpha value is -3.41. The van der Waals surface area contributed by atoms with Crippen molar-refractivity contribution in [3.8, 4) is 5.75 Å². The molecule has 2 aromatic carbocycles. The van der Waals surface area contributed by atoms with E-state index in [0.29, 0.717) is 17.2 Å². The number of carbonyl (C=O) groups excluding carboxylic acids is 2. The number of carbonyl (C=O) groups is 2. The highest BCUT2D eigenvalue weighted by Crippen LogP contribution is 2.40. The van der Waals surface area contributed by atoms with Gasteiger partial charge in [0, 0.05) is 17.0 Å². The van der Waals surface area contributed by atoms with Crippen molar-refractivity contribution < 1.29 is 14.3 Å². The maximum absolute atomic E-state index is 12.7. The number of hydrazine groups is 1. The van der Waals surface area contributed by atoms with Crippen LogP contribution in [0.5, 0.6) is 5.75 Å². The number of amides is 2. The molecule has 0 unspecified atom stereocenters. The van der Waals surface area contributed by atoms with E-state index >= 15 is 0 Å². The SMILES string of the molecule is Cc1ccccc1OCC(=O)NNC(=O)c1cc(C2CC2)nc2ccccc12. The van der Waals surface area contributed by atoms with Crippen molar-refractivity contribution in [3.05, 3.63) is 71.4 Å². The van der Waals surface area contributed by atoms with Crippen LogP contribution in [0.3, 0.4) is 0 Å². The lowest BCUT2D eigenvalue weighted by atomic mass is 10.1. The third kappa shape index (κ3) is 3.96. The summed E-state index contributed by atoms with van der Waals surface area (Å²) in [6.45, 7) is 1.72. The first kappa shape index (κ1) is 18.0. The zero-order chi connectivity index (χ0) is 19.5. The molecule has 0 saturated heterocycles. The molecule has 0 spiro atoms. The number of nitrogens with zero attached hydrogens (tertiary/aromatic N) is 1. The predicted molar refractivity (Wildman–Crippen MR) is 106 cm³/mol. The normalized spacial score (nSPS) is 13.2. The van der Waals surface area contributed by atoms with E-state index in [1.165, 1.54) is 0 Å². The van der Waals surface area contributed by atoms with Crippen LogP contribution in [0.2, 0.25) is 0 Å². The van der Waals surface area contributed by atoms with E-state index < -0.39 is 5.91 Å². The second kappa shape index (κ2) is 7.68. The van der Waals surface area contributed by atoms with Gasteiger partial charge in [0.1, 0.15) is 5.75 Å². The molecule has 1 aliphatic rings. The first-order valence-corrected chi connectivity index (χ1v) is 9.29.